The van der Waals surface area contributed by atoms with Crippen molar-refractivity contribution in [3.8, 4) is 0 Å². The van der Waals surface area contributed by atoms with Crippen molar-refractivity contribution in [3.05, 3.63) is 27.1 Å². The molecule has 0 bridgehead atoms. The molecule has 1 aliphatic heterocycles. The summed E-state index contributed by atoms with van der Waals surface area (Å²) in [6, 6.07) is 2.04. The van der Waals surface area contributed by atoms with E-state index in [2.05, 4.69) is 0 Å². The summed E-state index contributed by atoms with van der Waals surface area (Å²) in [6.45, 7) is 3.63. The van der Waals surface area contributed by atoms with Gasteiger partial charge >= 0.3 is 11.0 Å². The van der Waals surface area contributed by atoms with Crippen molar-refractivity contribution in [2.45, 2.75) is 26.3 Å². The zero-order valence-corrected chi connectivity index (χ0v) is 16.0. The first kappa shape index (κ1) is 20.3. The number of nitro groups is 1. The lowest BCUT2D eigenvalue weighted by Gasteiger charge is -2.29. The molecule has 11 heteroatoms. The Morgan fingerprint density at radius 3 is 2.62 bits per heavy atom. The van der Waals surface area contributed by atoms with Gasteiger partial charge in [-0.25, -0.2) is 13.2 Å². The smallest absolute Gasteiger partial charge is 0.349 e. The third-order valence-electron chi connectivity index (χ3n) is 3.83. The van der Waals surface area contributed by atoms with Gasteiger partial charge in [-0.3, -0.25) is 14.9 Å². The van der Waals surface area contributed by atoms with Gasteiger partial charge in [0.2, 0.25) is 0 Å². The highest BCUT2D eigenvalue weighted by molar-refractivity contribution is 7.91. The van der Waals surface area contributed by atoms with Crippen LogP contribution in [0.15, 0.2) is 12.1 Å². The highest BCUT2D eigenvalue weighted by Crippen LogP contribution is 2.24. The zero-order valence-electron chi connectivity index (χ0n) is 14.4. The molecule has 26 heavy (non-hydrogen) atoms. The number of rotatable bonds is 7. The number of sulfone groups is 1. The first-order valence-electron chi connectivity index (χ1n) is 8.00. The molecule has 144 valence electrons. The standard InChI is InChI=1S/C15H20N2O7S2/c1-10(2)7-16(11-5-6-26(22,23)9-11)13(18)8-24-15(19)12-3-4-14(25-12)17(20)21/h3-4,10-11H,5-9H2,1-2H3. The van der Waals surface area contributed by atoms with Crippen LogP contribution < -0.4 is 0 Å². The maximum Gasteiger partial charge on any atom is 0.349 e. The fourth-order valence-electron chi connectivity index (χ4n) is 2.69. The molecule has 1 aromatic rings. The van der Waals surface area contributed by atoms with Gasteiger partial charge in [-0.2, -0.15) is 0 Å². The number of esters is 1. The van der Waals surface area contributed by atoms with Gasteiger partial charge in [0.25, 0.3) is 5.91 Å². The molecule has 2 heterocycles. The van der Waals surface area contributed by atoms with Gasteiger partial charge in [-0.1, -0.05) is 25.2 Å². The molecule has 2 rings (SSSR count). The lowest BCUT2D eigenvalue weighted by Crippen LogP contribution is -2.45. The topological polar surface area (TPSA) is 124 Å². The van der Waals surface area contributed by atoms with Crippen LogP contribution >= 0.6 is 11.3 Å². The van der Waals surface area contributed by atoms with Crippen molar-refractivity contribution >= 4 is 38.1 Å². The van der Waals surface area contributed by atoms with E-state index in [0.29, 0.717) is 24.3 Å². The van der Waals surface area contributed by atoms with Crippen LogP contribution in [0.25, 0.3) is 0 Å². The van der Waals surface area contributed by atoms with Crippen LogP contribution in [0.1, 0.15) is 29.9 Å². The minimum absolute atomic E-state index is 0.0309. The first-order valence-corrected chi connectivity index (χ1v) is 10.6. The molecule has 0 N–H and O–H groups in total. The number of hydrogen-bond acceptors (Lipinski definition) is 8. The zero-order chi connectivity index (χ0) is 19.5. The minimum atomic E-state index is -3.15. The van der Waals surface area contributed by atoms with E-state index < -0.39 is 39.3 Å². The van der Waals surface area contributed by atoms with Crippen molar-refractivity contribution < 1.29 is 27.7 Å². The van der Waals surface area contributed by atoms with Gasteiger partial charge in [0, 0.05) is 18.7 Å². The van der Waals surface area contributed by atoms with E-state index in [1.54, 1.807) is 0 Å². The Morgan fingerprint density at radius 2 is 2.12 bits per heavy atom. The average Bonchev–Trinajstić information content (AvgIpc) is 3.16. The second-order valence-electron chi connectivity index (χ2n) is 6.47. The SMILES string of the molecule is CC(C)CN(C(=O)COC(=O)c1ccc([N+](=O)[O-])s1)C1CCS(=O)(=O)C1. The summed E-state index contributed by atoms with van der Waals surface area (Å²) in [7, 11) is -3.15. The Hall–Kier alpha value is -2.01. The predicted octanol–water partition coefficient (Wildman–Crippen LogP) is 1.48. The number of amides is 1. The molecule has 0 saturated carbocycles. The van der Waals surface area contributed by atoms with Gasteiger partial charge in [-0.15, -0.1) is 0 Å². The Balaban J connectivity index is 1.99. The fraction of sp³-hybridized carbons (Fsp3) is 0.600. The van der Waals surface area contributed by atoms with E-state index in [1.165, 1.54) is 17.0 Å². The van der Waals surface area contributed by atoms with Crippen molar-refractivity contribution in [2.24, 2.45) is 5.92 Å². The molecule has 1 aliphatic rings. The second kappa shape index (κ2) is 8.12. The van der Waals surface area contributed by atoms with Crippen molar-refractivity contribution in [3.63, 3.8) is 0 Å². The van der Waals surface area contributed by atoms with Crippen LogP contribution in [0.3, 0.4) is 0 Å². The average molecular weight is 404 g/mol. The van der Waals surface area contributed by atoms with E-state index in [0.717, 1.165) is 0 Å². The molecule has 0 radical (unpaired) electrons. The molecular weight excluding hydrogens is 384 g/mol. The van der Waals surface area contributed by atoms with Crippen LogP contribution in [0, 0.1) is 16.0 Å². The number of ether oxygens (including phenoxy) is 1. The number of carbonyl (C=O) groups is 2. The molecule has 0 spiro atoms. The summed E-state index contributed by atoms with van der Waals surface area (Å²) in [6.07, 6.45) is 0.367. The quantitative estimate of drug-likeness (QED) is 0.383. The molecule has 9 nitrogen and oxygen atoms in total. The number of nitrogens with zero attached hydrogens (tertiary/aromatic N) is 2. The summed E-state index contributed by atoms with van der Waals surface area (Å²) < 4.78 is 28.3. The minimum Gasteiger partial charge on any atom is -0.451 e. The first-order chi connectivity index (χ1) is 12.1. The summed E-state index contributed by atoms with van der Waals surface area (Å²) >= 11 is 0.667. The Bertz CT molecular complexity index is 801. The predicted molar refractivity (Wildman–Crippen MR) is 94.9 cm³/mol. The monoisotopic (exact) mass is 404 g/mol. The molecule has 1 unspecified atom stereocenters. The van der Waals surface area contributed by atoms with Gasteiger partial charge in [0.1, 0.15) is 4.88 Å². The van der Waals surface area contributed by atoms with E-state index in [4.69, 9.17) is 4.74 Å². The van der Waals surface area contributed by atoms with E-state index in [1.807, 2.05) is 13.8 Å². The van der Waals surface area contributed by atoms with Crippen molar-refractivity contribution in [2.75, 3.05) is 24.7 Å². The molecule has 1 fully saturated rings. The fourth-order valence-corrected chi connectivity index (χ4v) is 5.13. The largest absolute Gasteiger partial charge is 0.451 e. The summed E-state index contributed by atoms with van der Waals surface area (Å²) in [4.78, 5) is 36.0. The number of hydrogen-bond donors (Lipinski definition) is 0. The third kappa shape index (κ3) is 5.24. The molecule has 0 aliphatic carbocycles. The highest BCUT2D eigenvalue weighted by Gasteiger charge is 2.35. The van der Waals surface area contributed by atoms with Crippen molar-refractivity contribution in [1.82, 2.24) is 4.90 Å². The summed E-state index contributed by atoms with van der Waals surface area (Å²) in [5.41, 5.74) is 0. The van der Waals surface area contributed by atoms with Crippen LogP contribution in [0.4, 0.5) is 5.00 Å². The normalized spacial score (nSPS) is 18.7. The van der Waals surface area contributed by atoms with Crippen LogP contribution in [-0.4, -0.2) is 60.8 Å². The maximum atomic E-state index is 12.5. The molecule has 0 aromatic carbocycles. The summed E-state index contributed by atoms with van der Waals surface area (Å²) in [5, 5.41) is 10.5. The van der Waals surface area contributed by atoms with Gasteiger partial charge in [0.15, 0.2) is 16.4 Å². The Morgan fingerprint density at radius 1 is 1.42 bits per heavy atom. The molecular formula is C15H20N2O7S2. The van der Waals surface area contributed by atoms with E-state index in [-0.39, 0.29) is 27.3 Å². The van der Waals surface area contributed by atoms with E-state index in [9.17, 15) is 28.1 Å². The lowest BCUT2D eigenvalue weighted by molar-refractivity contribution is -0.380. The van der Waals surface area contributed by atoms with Crippen LogP contribution in [-0.2, 0) is 19.4 Å². The Labute approximate surface area is 155 Å². The Kier molecular flexibility index (Phi) is 6.34. The molecule has 1 atom stereocenters. The molecule has 1 amide bonds. The van der Waals surface area contributed by atoms with E-state index >= 15 is 0 Å². The second-order valence-corrected chi connectivity index (χ2v) is 9.76. The highest BCUT2D eigenvalue weighted by atomic mass is 32.2. The number of thiophene rings is 1. The lowest BCUT2D eigenvalue weighted by atomic mass is 10.1. The maximum absolute atomic E-state index is 12.5. The van der Waals surface area contributed by atoms with Gasteiger partial charge < -0.3 is 9.64 Å². The third-order valence-corrected chi connectivity index (χ3v) is 6.60. The van der Waals surface area contributed by atoms with Crippen LogP contribution in [0.2, 0.25) is 0 Å². The van der Waals surface area contributed by atoms with Crippen LogP contribution in [0.5, 0.6) is 0 Å². The van der Waals surface area contributed by atoms with Gasteiger partial charge in [-0.05, 0) is 18.4 Å². The number of carbonyl (C=O) groups excluding carboxylic acids is 2. The van der Waals surface area contributed by atoms with Crippen molar-refractivity contribution in [1.29, 1.82) is 0 Å². The summed E-state index contributed by atoms with van der Waals surface area (Å²) in [5.74, 6) is -1.22. The molecule has 1 saturated heterocycles. The van der Waals surface area contributed by atoms with Gasteiger partial charge in [0.05, 0.1) is 16.4 Å². The molecule has 1 aromatic heterocycles.